The van der Waals surface area contributed by atoms with Crippen LogP contribution in [0.2, 0.25) is 0 Å². The molecule has 88 valence electrons. The van der Waals surface area contributed by atoms with Gasteiger partial charge in [-0.15, -0.1) is 0 Å². The Hall–Kier alpha value is -0.0400. The maximum atomic E-state index is 3.83. The molecule has 2 rings (SSSR count). The average molecular weight is 209 g/mol. The summed E-state index contributed by atoms with van der Waals surface area (Å²) in [7, 11) is 0. The van der Waals surface area contributed by atoms with Crippen molar-refractivity contribution in [2.24, 2.45) is 17.8 Å². The molecule has 1 saturated heterocycles. The Balaban J connectivity index is 1.91. The lowest BCUT2D eigenvalue weighted by Gasteiger charge is -2.40. The van der Waals surface area contributed by atoms with Gasteiger partial charge in [0, 0.05) is 12.1 Å². The van der Waals surface area contributed by atoms with E-state index < -0.39 is 0 Å². The minimum Gasteiger partial charge on any atom is -0.311 e. The van der Waals surface area contributed by atoms with Crippen molar-refractivity contribution >= 4 is 0 Å². The van der Waals surface area contributed by atoms with E-state index >= 15 is 0 Å². The molecule has 1 aliphatic heterocycles. The number of piperidine rings is 1. The predicted molar refractivity (Wildman–Crippen MR) is 65.9 cm³/mol. The molecule has 0 aromatic heterocycles. The largest absolute Gasteiger partial charge is 0.311 e. The van der Waals surface area contributed by atoms with Gasteiger partial charge in [0.05, 0.1) is 0 Å². The molecular weight excluding hydrogens is 182 g/mol. The van der Waals surface area contributed by atoms with Gasteiger partial charge in [0.1, 0.15) is 0 Å². The van der Waals surface area contributed by atoms with Gasteiger partial charge in [-0.3, -0.25) is 0 Å². The second kappa shape index (κ2) is 4.86. The summed E-state index contributed by atoms with van der Waals surface area (Å²) in [5, 5.41) is 3.83. The van der Waals surface area contributed by atoms with Crippen LogP contribution in [0, 0.1) is 17.8 Å². The SMILES string of the molecule is CC1CC(C)CC(C2CCCC(C)N2)C1. The summed E-state index contributed by atoms with van der Waals surface area (Å²) in [5.41, 5.74) is 0. The Labute approximate surface area is 95.0 Å². The van der Waals surface area contributed by atoms with E-state index in [1.54, 1.807) is 0 Å². The van der Waals surface area contributed by atoms with E-state index in [-0.39, 0.29) is 0 Å². The summed E-state index contributed by atoms with van der Waals surface area (Å²) in [4.78, 5) is 0. The van der Waals surface area contributed by atoms with Crippen LogP contribution in [0.4, 0.5) is 0 Å². The van der Waals surface area contributed by atoms with E-state index in [2.05, 4.69) is 26.1 Å². The zero-order chi connectivity index (χ0) is 10.8. The third kappa shape index (κ3) is 2.96. The first-order valence-corrected chi connectivity index (χ1v) is 6.91. The van der Waals surface area contributed by atoms with E-state index in [0.717, 1.165) is 29.8 Å². The Bertz CT molecular complexity index is 192. The van der Waals surface area contributed by atoms with Gasteiger partial charge in [-0.2, -0.15) is 0 Å². The highest BCUT2D eigenvalue weighted by atomic mass is 15.0. The summed E-state index contributed by atoms with van der Waals surface area (Å²) in [6.07, 6.45) is 8.64. The third-order valence-electron chi connectivity index (χ3n) is 4.43. The molecule has 0 radical (unpaired) electrons. The lowest BCUT2D eigenvalue weighted by atomic mass is 9.72. The predicted octanol–water partition coefficient (Wildman–Crippen LogP) is 3.59. The third-order valence-corrected chi connectivity index (χ3v) is 4.43. The molecule has 1 N–H and O–H groups in total. The quantitative estimate of drug-likeness (QED) is 0.696. The van der Waals surface area contributed by atoms with Crippen LogP contribution in [0.1, 0.15) is 59.3 Å². The van der Waals surface area contributed by atoms with Gasteiger partial charge in [-0.1, -0.05) is 20.3 Å². The van der Waals surface area contributed by atoms with Crippen molar-refractivity contribution in [3.8, 4) is 0 Å². The van der Waals surface area contributed by atoms with Crippen LogP contribution in [0.3, 0.4) is 0 Å². The highest BCUT2D eigenvalue weighted by molar-refractivity contribution is 4.87. The van der Waals surface area contributed by atoms with Gasteiger partial charge < -0.3 is 5.32 Å². The van der Waals surface area contributed by atoms with Crippen LogP contribution in [0.5, 0.6) is 0 Å². The molecular formula is C14H27N. The molecule has 1 nitrogen and oxygen atoms in total. The molecule has 2 fully saturated rings. The normalized spacial score (nSPS) is 47.8. The standard InChI is InChI=1S/C14H27N/c1-10-7-11(2)9-13(8-10)14-6-4-5-12(3)15-14/h10-15H,4-9H2,1-3H3. The molecule has 1 heteroatoms. The number of hydrogen-bond acceptors (Lipinski definition) is 1. The van der Waals surface area contributed by atoms with Crippen LogP contribution in [0.25, 0.3) is 0 Å². The van der Waals surface area contributed by atoms with Gasteiger partial charge >= 0.3 is 0 Å². The first-order chi connectivity index (χ1) is 7.15. The molecule has 0 spiro atoms. The van der Waals surface area contributed by atoms with E-state index in [9.17, 15) is 0 Å². The molecule has 1 heterocycles. The average Bonchev–Trinajstić information content (AvgIpc) is 2.16. The van der Waals surface area contributed by atoms with Gasteiger partial charge in [-0.25, -0.2) is 0 Å². The van der Waals surface area contributed by atoms with Crippen molar-refractivity contribution in [3.05, 3.63) is 0 Å². The van der Waals surface area contributed by atoms with Gasteiger partial charge in [0.15, 0.2) is 0 Å². The molecule has 2 aliphatic rings. The smallest absolute Gasteiger partial charge is 0.00980 e. The molecule has 0 aromatic rings. The molecule has 0 aromatic carbocycles. The number of hydrogen-bond donors (Lipinski definition) is 1. The Morgan fingerprint density at radius 2 is 1.53 bits per heavy atom. The molecule has 1 aliphatic carbocycles. The first kappa shape index (κ1) is 11.4. The Morgan fingerprint density at radius 1 is 0.867 bits per heavy atom. The minimum absolute atomic E-state index is 0.760. The monoisotopic (exact) mass is 209 g/mol. The van der Waals surface area contributed by atoms with Crippen LogP contribution in [0.15, 0.2) is 0 Å². The van der Waals surface area contributed by atoms with Crippen LogP contribution < -0.4 is 5.32 Å². The van der Waals surface area contributed by atoms with E-state index in [1.165, 1.54) is 38.5 Å². The molecule has 15 heavy (non-hydrogen) atoms. The van der Waals surface area contributed by atoms with Crippen molar-refractivity contribution in [1.29, 1.82) is 0 Å². The number of rotatable bonds is 1. The highest BCUT2D eigenvalue weighted by Crippen LogP contribution is 2.36. The zero-order valence-corrected chi connectivity index (χ0v) is 10.6. The lowest BCUT2D eigenvalue weighted by Crippen LogP contribution is -2.46. The molecule has 0 amide bonds. The molecule has 1 saturated carbocycles. The maximum absolute atomic E-state index is 3.83. The fraction of sp³-hybridized carbons (Fsp3) is 1.00. The molecule has 4 atom stereocenters. The summed E-state index contributed by atoms with van der Waals surface area (Å²) in [6, 6.07) is 1.59. The van der Waals surface area contributed by atoms with Crippen LogP contribution in [-0.2, 0) is 0 Å². The van der Waals surface area contributed by atoms with Crippen molar-refractivity contribution in [3.63, 3.8) is 0 Å². The summed E-state index contributed by atoms with van der Waals surface area (Å²) in [6.45, 7) is 7.23. The fourth-order valence-corrected chi connectivity index (χ4v) is 3.89. The van der Waals surface area contributed by atoms with E-state index in [1.807, 2.05) is 0 Å². The Kier molecular flexibility index (Phi) is 3.71. The Morgan fingerprint density at radius 3 is 2.13 bits per heavy atom. The van der Waals surface area contributed by atoms with Gasteiger partial charge in [0.2, 0.25) is 0 Å². The van der Waals surface area contributed by atoms with Crippen LogP contribution >= 0.6 is 0 Å². The van der Waals surface area contributed by atoms with Gasteiger partial charge in [-0.05, 0) is 56.8 Å². The van der Waals surface area contributed by atoms with Crippen molar-refractivity contribution in [2.45, 2.75) is 71.4 Å². The molecule has 0 bridgehead atoms. The lowest BCUT2D eigenvalue weighted by molar-refractivity contribution is 0.148. The van der Waals surface area contributed by atoms with Gasteiger partial charge in [0.25, 0.3) is 0 Å². The highest BCUT2D eigenvalue weighted by Gasteiger charge is 2.31. The van der Waals surface area contributed by atoms with Crippen LogP contribution in [-0.4, -0.2) is 12.1 Å². The summed E-state index contributed by atoms with van der Waals surface area (Å²) >= 11 is 0. The van der Waals surface area contributed by atoms with E-state index in [4.69, 9.17) is 0 Å². The van der Waals surface area contributed by atoms with Crippen molar-refractivity contribution < 1.29 is 0 Å². The van der Waals surface area contributed by atoms with Crippen molar-refractivity contribution in [1.82, 2.24) is 5.32 Å². The second-order valence-corrected chi connectivity index (χ2v) is 6.28. The van der Waals surface area contributed by atoms with Crippen molar-refractivity contribution in [2.75, 3.05) is 0 Å². The fourth-order valence-electron chi connectivity index (χ4n) is 3.89. The van der Waals surface area contributed by atoms with E-state index in [0.29, 0.717) is 0 Å². The first-order valence-electron chi connectivity index (χ1n) is 6.91. The minimum atomic E-state index is 0.760. The maximum Gasteiger partial charge on any atom is 0.00980 e. The zero-order valence-electron chi connectivity index (χ0n) is 10.6. The molecule has 4 unspecified atom stereocenters. The second-order valence-electron chi connectivity index (χ2n) is 6.28. The number of nitrogens with one attached hydrogen (secondary N) is 1. The summed E-state index contributed by atoms with van der Waals surface area (Å²) in [5.74, 6) is 2.88. The summed E-state index contributed by atoms with van der Waals surface area (Å²) < 4.78 is 0. The topological polar surface area (TPSA) is 12.0 Å².